The molecule has 0 aromatic carbocycles. The molecule has 0 amide bonds. The maximum absolute atomic E-state index is 3.56. The van der Waals surface area contributed by atoms with Crippen molar-refractivity contribution in [3.05, 3.63) is 34.4 Å². The van der Waals surface area contributed by atoms with Gasteiger partial charge in [-0.15, -0.1) is 0 Å². The molecule has 0 bridgehead atoms. The van der Waals surface area contributed by atoms with Crippen molar-refractivity contribution in [1.82, 2.24) is 0 Å². The van der Waals surface area contributed by atoms with Crippen molar-refractivity contribution in [2.45, 2.75) is 39.0 Å². The van der Waals surface area contributed by atoms with Gasteiger partial charge in [0.05, 0.1) is 0 Å². The Morgan fingerprint density at radius 2 is 2.23 bits per heavy atom. The molecule has 0 heteroatoms. The summed E-state index contributed by atoms with van der Waals surface area (Å²) in [5.74, 6) is 0.784. The van der Waals surface area contributed by atoms with E-state index in [1.165, 1.54) is 32.1 Å². The lowest BCUT2D eigenvalue weighted by atomic mass is 9.84. The zero-order chi connectivity index (χ0) is 8.84. The van der Waals surface area contributed by atoms with E-state index in [0.29, 0.717) is 0 Å². The third kappa shape index (κ3) is 1.12. The summed E-state index contributed by atoms with van der Waals surface area (Å²) in [5, 5.41) is 0. The van der Waals surface area contributed by atoms with Gasteiger partial charge in [-0.25, -0.2) is 0 Å². The van der Waals surface area contributed by atoms with Gasteiger partial charge >= 0.3 is 0 Å². The molecule has 67 valence electrons. The van der Waals surface area contributed by atoms with Crippen molar-refractivity contribution in [3.63, 3.8) is 0 Å². The molecule has 3 aliphatic carbocycles. The molecule has 0 saturated heterocycles. The van der Waals surface area contributed by atoms with Gasteiger partial charge in [-0.2, -0.15) is 0 Å². The summed E-state index contributed by atoms with van der Waals surface area (Å²) in [4.78, 5) is 0. The van der Waals surface area contributed by atoms with Crippen LogP contribution in [0.5, 0.6) is 0 Å². The smallest absolute Gasteiger partial charge is 0.00626 e. The molecule has 0 aromatic rings. The summed E-state index contributed by atoms with van der Waals surface area (Å²) in [6, 6.07) is 0. The summed E-state index contributed by atoms with van der Waals surface area (Å²) in [7, 11) is 0. The number of allylic oxidation sites excluding steroid dienone is 6. The Morgan fingerprint density at radius 3 is 2.77 bits per heavy atom. The second-order valence-electron chi connectivity index (χ2n) is 4.43. The molecule has 1 atom stereocenters. The molecule has 0 fully saturated rings. The fraction of sp³-hybridized carbons (Fsp3) is 0.538. The summed E-state index contributed by atoms with van der Waals surface area (Å²) < 4.78 is 0. The molecular weight excluding hydrogens is 156 g/mol. The topological polar surface area (TPSA) is 0 Å². The second kappa shape index (κ2) is 2.60. The summed E-state index contributed by atoms with van der Waals surface area (Å²) in [6.07, 6.45) is 12.4. The van der Waals surface area contributed by atoms with Gasteiger partial charge in [-0.05, 0) is 56.3 Å². The lowest BCUT2D eigenvalue weighted by Gasteiger charge is -2.20. The Balaban J connectivity index is 1.86. The average Bonchev–Trinajstić information content (AvgIpc) is 2.58. The molecule has 1 unspecified atom stereocenters. The minimum atomic E-state index is 0.784. The predicted octanol–water partition coefficient (Wildman–Crippen LogP) is 3.57. The Kier molecular flexibility index (Phi) is 1.52. The molecule has 0 saturated carbocycles. The van der Waals surface area contributed by atoms with Crippen LogP contribution in [0.1, 0.15) is 39.0 Å². The van der Waals surface area contributed by atoms with E-state index in [1.807, 2.05) is 0 Å². The van der Waals surface area contributed by atoms with Gasteiger partial charge in [-0.1, -0.05) is 17.2 Å². The summed E-state index contributed by atoms with van der Waals surface area (Å²) in [6.45, 7) is 2.28. The Labute approximate surface area is 80.0 Å². The van der Waals surface area contributed by atoms with Crippen LogP contribution >= 0.6 is 0 Å². The third-order valence-corrected chi connectivity index (χ3v) is 3.55. The van der Waals surface area contributed by atoms with Gasteiger partial charge < -0.3 is 0 Å². The Bertz CT molecular complexity index is 339. The number of rotatable bonds is 2. The Hall–Kier alpha value is -0.780. The van der Waals surface area contributed by atoms with Crippen LogP contribution in [-0.2, 0) is 0 Å². The fourth-order valence-electron chi connectivity index (χ4n) is 2.50. The van der Waals surface area contributed by atoms with Gasteiger partial charge in [0.1, 0.15) is 0 Å². The quantitative estimate of drug-likeness (QED) is 0.557. The van der Waals surface area contributed by atoms with Crippen LogP contribution in [0.2, 0.25) is 0 Å². The Morgan fingerprint density at radius 1 is 1.46 bits per heavy atom. The van der Waals surface area contributed by atoms with Gasteiger partial charge in [-0.3, -0.25) is 0 Å². The predicted molar refractivity (Wildman–Crippen MR) is 54.1 cm³/mol. The van der Waals surface area contributed by atoms with E-state index in [9.17, 15) is 0 Å². The van der Waals surface area contributed by atoms with E-state index >= 15 is 0 Å². The molecule has 0 aliphatic heterocycles. The standard InChI is InChI=1S/C13H15/c1-9-8-13(9)12-7-3-6-11(12)10-4-2-5-10/h4,12H,2-3,5,7-8H2,1H3. The van der Waals surface area contributed by atoms with E-state index < -0.39 is 0 Å². The molecule has 0 nitrogen and oxygen atoms in total. The lowest BCUT2D eigenvalue weighted by molar-refractivity contribution is 0.700. The first-order valence-corrected chi connectivity index (χ1v) is 5.35. The monoisotopic (exact) mass is 171 g/mol. The van der Waals surface area contributed by atoms with Crippen molar-refractivity contribution >= 4 is 0 Å². The highest BCUT2D eigenvalue weighted by Gasteiger charge is 2.33. The minimum Gasteiger partial charge on any atom is -0.0807 e. The zero-order valence-electron chi connectivity index (χ0n) is 8.19. The van der Waals surface area contributed by atoms with Gasteiger partial charge in [0.2, 0.25) is 0 Å². The maximum Gasteiger partial charge on any atom is 0.00626 e. The summed E-state index contributed by atoms with van der Waals surface area (Å²) >= 11 is 0. The van der Waals surface area contributed by atoms with E-state index in [4.69, 9.17) is 0 Å². The molecule has 13 heavy (non-hydrogen) atoms. The molecule has 0 N–H and O–H groups in total. The average molecular weight is 171 g/mol. The van der Waals surface area contributed by atoms with E-state index in [-0.39, 0.29) is 0 Å². The van der Waals surface area contributed by atoms with E-state index in [1.54, 1.807) is 22.3 Å². The van der Waals surface area contributed by atoms with Crippen molar-refractivity contribution < 1.29 is 0 Å². The summed E-state index contributed by atoms with van der Waals surface area (Å²) in [5.41, 5.74) is 6.55. The largest absolute Gasteiger partial charge is 0.0807 e. The van der Waals surface area contributed by atoms with E-state index in [2.05, 4.69) is 19.1 Å². The molecule has 3 rings (SSSR count). The number of hydrogen-bond acceptors (Lipinski definition) is 0. The third-order valence-electron chi connectivity index (χ3n) is 3.55. The van der Waals surface area contributed by atoms with Crippen LogP contribution in [0.3, 0.4) is 0 Å². The van der Waals surface area contributed by atoms with Crippen molar-refractivity contribution in [2.75, 3.05) is 0 Å². The highest BCUT2D eigenvalue weighted by Crippen LogP contribution is 2.48. The fourth-order valence-corrected chi connectivity index (χ4v) is 2.50. The first-order valence-electron chi connectivity index (χ1n) is 5.35. The van der Waals surface area contributed by atoms with Crippen LogP contribution in [-0.4, -0.2) is 0 Å². The van der Waals surface area contributed by atoms with Crippen molar-refractivity contribution in [2.24, 2.45) is 5.92 Å². The lowest BCUT2D eigenvalue weighted by Crippen LogP contribution is -2.05. The van der Waals surface area contributed by atoms with Crippen LogP contribution in [0.4, 0.5) is 0 Å². The van der Waals surface area contributed by atoms with Gasteiger partial charge in [0, 0.05) is 5.92 Å². The molecule has 0 aromatic heterocycles. The normalized spacial score (nSPS) is 31.3. The molecule has 1 radical (unpaired) electrons. The first kappa shape index (κ1) is 7.61. The molecule has 0 heterocycles. The SMILES string of the molecule is CC1=C(C2CC[C]=C2C2=CCC2)C1. The van der Waals surface area contributed by atoms with Crippen molar-refractivity contribution in [1.29, 1.82) is 0 Å². The second-order valence-corrected chi connectivity index (χ2v) is 4.43. The van der Waals surface area contributed by atoms with E-state index in [0.717, 1.165) is 5.92 Å². The first-order chi connectivity index (χ1) is 6.36. The highest BCUT2D eigenvalue weighted by molar-refractivity contribution is 5.48. The molecule has 3 aliphatic rings. The van der Waals surface area contributed by atoms with Crippen LogP contribution in [0, 0.1) is 12.0 Å². The van der Waals surface area contributed by atoms with Crippen LogP contribution in [0.25, 0.3) is 0 Å². The van der Waals surface area contributed by atoms with Crippen molar-refractivity contribution in [3.8, 4) is 0 Å². The maximum atomic E-state index is 3.56. The minimum absolute atomic E-state index is 0.784. The number of hydrogen-bond donors (Lipinski definition) is 0. The highest BCUT2D eigenvalue weighted by atomic mass is 14.4. The van der Waals surface area contributed by atoms with Gasteiger partial charge in [0.25, 0.3) is 0 Å². The van der Waals surface area contributed by atoms with Gasteiger partial charge in [0.15, 0.2) is 0 Å². The van der Waals surface area contributed by atoms with Crippen LogP contribution < -0.4 is 0 Å². The molecule has 0 spiro atoms. The van der Waals surface area contributed by atoms with Crippen LogP contribution in [0.15, 0.2) is 28.4 Å². The zero-order valence-corrected chi connectivity index (χ0v) is 8.19. The molecular formula is C13H15.